The lowest BCUT2D eigenvalue weighted by Gasteiger charge is -2.12. The highest BCUT2D eigenvalue weighted by molar-refractivity contribution is 7.52. The molecule has 0 spiro atoms. The average Bonchev–Trinajstić information content (AvgIpc) is 3.44. The van der Waals surface area contributed by atoms with Crippen LogP contribution in [0.5, 0.6) is 0 Å². The molecule has 0 bridgehead atoms. The topological polar surface area (TPSA) is 262 Å². The number of hydrogen-bond donors (Lipinski definition) is 2. The summed E-state index contributed by atoms with van der Waals surface area (Å²) in [5.74, 6) is 0. The van der Waals surface area contributed by atoms with Crippen LogP contribution in [0.2, 0.25) is 0 Å². The fourth-order valence-electron chi connectivity index (χ4n) is 5.20. The van der Waals surface area contributed by atoms with Crippen LogP contribution in [-0.4, -0.2) is 327 Å². The quantitative estimate of drug-likeness (QED) is 0.0471. The second-order valence-corrected chi connectivity index (χ2v) is 16.3. The molecule has 0 saturated heterocycles. The zero-order chi connectivity index (χ0) is 55.2. The van der Waals surface area contributed by atoms with Gasteiger partial charge in [-0.25, -0.2) is 0 Å². The molecule has 0 aromatic carbocycles. The highest BCUT2D eigenvalue weighted by Gasteiger charge is 2.07. The molecule has 0 aromatic rings. The highest BCUT2D eigenvalue weighted by atomic mass is 31.2. The lowest BCUT2D eigenvalue weighted by Crippen LogP contribution is -2.15. The third-order valence-electron chi connectivity index (χ3n) is 8.89. The molecule has 0 radical (unpaired) electrons. The predicted molar refractivity (Wildman–Crippen MR) is 280 cm³/mol. The van der Waals surface area contributed by atoms with Crippen LogP contribution in [0.15, 0.2) is 0 Å². The highest BCUT2D eigenvalue weighted by Crippen LogP contribution is 2.35. The van der Waals surface area contributed by atoms with Gasteiger partial charge in [-0.1, -0.05) is 0 Å². The van der Waals surface area contributed by atoms with Crippen molar-refractivity contribution in [2.75, 3.05) is 317 Å². The van der Waals surface area contributed by atoms with Gasteiger partial charge in [-0.3, -0.25) is 0 Å². The second kappa shape index (κ2) is 73.0. The lowest BCUT2D eigenvalue weighted by atomic mass is 10.6. The minimum atomic E-state index is -1.47. The molecule has 0 aliphatic heterocycles. The van der Waals surface area contributed by atoms with Gasteiger partial charge in [0.05, 0.1) is 317 Å². The summed E-state index contributed by atoms with van der Waals surface area (Å²) in [6, 6.07) is 0. The van der Waals surface area contributed by atoms with E-state index in [1.54, 1.807) is 0 Å². The number of hydrogen-bond acceptors (Lipinski definition) is 26. The fourth-order valence-corrected chi connectivity index (χ4v) is 5.91. The molecule has 0 atom stereocenters. The van der Waals surface area contributed by atoms with E-state index in [1.807, 2.05) is 0 Å². The molecule has 0 aliphatic rings. The Balaban J connectivity index is 3.20. The first kappa shape index (κ1) is 76.0. The Morgan fingerprint density at radius 3 is 0.390 bits per heavy atom. The van der Waals surface area contributed by atoms with Crippen molar-refractivity contribution in [1.29, 1.82) is 0 Å². The van der Waals surface area contributed by atoms with Gasteiger partial charge >= 0.3 is 0 Å². The van der Waals surface area contributed by atoms with E-state index in [-0.39, 0.29) is 13.2 Å². The molecule has 77 heavy (non-hydrogen) atoms. The standard InChI is InChI=1S/C50H99O26P/c1-2-77(75-49-47-73-45-43-71-41-39-69-37-35-67-33-31-65-29-27-63-25-23-61-21-19-59-17-15-57-13-11-55-9-7-53-5-3-51)76-50-48-74-46-44-72-42-40-70-38-36-68-34-32-66-30-28-64-26-24-62-22-20-60-18-16-58-14-12-56-10-8-54-6-4-52/h1,51-52H,3-50H2. The summed E-state index contributed by atoms with van der Waals surface area (Å²) < 4.78 is 131. The van der Waals surface area contributed by atoms with Crippen molar-refractivity contribution in [3.05, 3.63) is 0 Å². The van der Waals surface area contributed by atoms with Crippen LogP contribution in [-0.2, 0) is 113 Å². The molecular weight excluding hydrogens is 1050 g/mol. The second-order valence-electron chi connectivity index (χ2n) is 15.0. The molecule has 0 saturated carbocycles. The van der Waals surface area contributed by atoms with E-state index in [2.05, 4.69) is 5.66 Å². The zero-order valence-corrected chi connectivity index (χ0v) is 47.1. The van der Waals surface area contributed by atoms with Crippen molar-refractivity contribution in [2.45, 2.75) is 0 Å². The minimum Gasteiger partial charge on any atom is -0.394 e. The first-order valence-corrected chi connectivity index (χ1v) is 28.0. The Morgan fingerprint density at radius 2 is 0.286 bits per heavy atom. The third kappa shape index (κ3) is 71.0. The monoisotopic (exact) mass is 1150 g/mol. The Kier molecular flexibility index (Phi) is 72.0. The van der Waals surface area contributed by atoms with Gasteiger partial charge in [-0.15, -0.1) is 6.42 Å². The number of terminal acetylenes is 1. The molecular formula is C50H99O26P. The molecule has 0 fully saturated rings. The summed E-state index contributed by atoms with van der Waals surface area (Å²) in [7, 11) is -1.47. The van der Waals surface area contributed by atoms with Gasteiger partial charge < -0.3 is 123 Å². The third-order valence-corrected chi connectivity index (χ3v) is 9.93. The molecule has 0 heterocycles. The number of aliphatic hydroxyl groups excluding tert-OH is 2. The first-order chi connectivity index (χ1) is 38.3. The van der Waals surface area contributed by atoms with Crippen molar-refractivity contribution in [3.8, 4) is 12.1 Å². The van der Waals surface area contributed by atoms with Crippen LogP contribution < -0.4 is 0 Å². The largest absolute Gasteiger partial charge is 0.394 e. The predicted octanol–water partition coefficient (Wildman–Crippen LogP) is 0.272. The molecule has 0 aliphatic carbocycles. The molecule has 2 N–H and O–H groups in total. The smallest absolute Gasteiger partial charge is 0.256 e. The van der Waals surface area contributed by atoms with Crippen molar-refractivity contribution >= 4 is 8.38 Å². The van der Waals surface area contributed by atoms with E-state index in [1.165, 1.54) is 0 Å². The summed E-state index contributed by atoms with van der Waals surface area (Å²) in [6.45, 7) is 20.9. The van der Waals surface area contributed by atoms with E-state index in [4.69, 9.17) is 130 Å². The van der Waals surface area contributed by atoms with Gasteiger partial charge in [0, 0.05) is 0 Å². The van der Waals surface area contributed by atoms with Gasteiger partial charge in [0.1, 0.15) is 0 Å². The number of aliphatic hydroxyl groups is 2. The Morgan fingerprint density at radius 1 is 0.182 bits per heavy atom. The maximum absolute atomic E-state index is 8.61. The number of rotatable bonds is 72. The van der Waals surface area contributed by atoms with E-state index in [9.17, 15) is 0 Å². The Hall–Kier alpha value is -1.05. The van der Waals surface area contributed by atoms with Gasteiger partial charge in [0.2, 0.25) is 0 Å². The number of ether oxygens (including phenoxy) is 22. The summed E-state index contributed by atoms with van der Waals surface area (Å²) in [5.41, 5.74) is 2.52. The molecule has 27 heteroatoms. The summed E-state index contributed by atoms with van der Waals surface area (Å²) in [4.78, 5) is 0. The van der Waals surface area contributed by atoms with Crippen LogP contribution in [0, 0.1) is 12.1 Å². The maximum atomic E-state index is 8.61. The first-order valence-electron chi connectivity index (χ1n) is 26.8. The van der Waals surface area contributed by atoms with E-state index >= 15 is 0 Å². The fraction of sp³-hybridized carbons (Fsp3) is 0.960. The van der Waals surface area contributed by atoms with Gasteiger partial charge in [-0.2, -0.15) is 0 Å². The molecule has 26 nitrogen and oxygen atoms in total. The van der Waals surface area contributed by atoms with Crippen molar-refractivity contribution in [3.63, 3.8) is 0 Å². The minimum absolute atomic E-state index is 0.0153. The lowest BCUT2D eigenvalue weighted by molar-refractivity contribution is -0.0281. The van der Waals surface area contributed by atoms with Crippen molar-refractivity contribution < 1.29 is 123 Å². The molecule has 0 amide bonds. The van der Waals surface area contributed by atoms with Gasteiger partial charge in [-0.05, 0) is 5.66 Å². The van der Waals surface area contributed by atoms with Crippen LogP contribution >= 0.6 is 8.38 Å². The maximum Gasteiger partial charge on any atom is 0.256 e. The SMILES string of the molecule is C#CP(OCCOCCOCCOCCOCCOCCOCCOCCOCCOCCOCCOCCO)OCCOCCOCCOCCOCCOCCOCCOCCOCCOCCOCCOCCO. The Labute approximate surface area is 460 Å². The molecule has 460 valence electrons. The summed E-state index contributed by atoms with van der Waals surface area (Å²) in [5, 5.41) is 17.2. The summed E-state index contributed by atoms with van der Waals surface area (Å²) >= 11 is 0. The molecule has 0 unspecified atom stereocenters. The zero-order valence-electron chi connectivity index (χ0n) is 46.2. The molecule has 0 rings (SSSR count). The van der Waals surface area contributed by atoms with E-state index in [0.717, 1.165) is 0 Å². The molecule has 0 aromatic heterocycles. The van der Waals surface area contributed by atoms with Crippen molar-refractivity contribution in [2.24, 2.45) is 0 Å². The van der Waals surface area contributed by atoms with Gasteiger partial charge in [0.25, 0.3) is 8.38 Å². The average molecular weight is 1150 g/mol. The van der Waals surface area contributed by atoms with E-state index in [0.29, 0.717) is 304 Å². The van der Waals surface area contributed by atoms with Crippen LogP contribution in [0.25, 0.3) is 0 Å². The van der Waals surface area contributed by atoms with Crippen LogP contribution in [0.4, 0.5) is 0 Å². The van der Waals surface area contributed by atoms with Crippen LogP contribution in [0.1, 0.15) is 0 Å². The summed E-state index contributed by atoms with van der Waals surface area (Å²) in [6.07, 6.45) is 5.54. The van der Waals surface area contributed by atoms with Crippen molar-refractivity contribution in [1.82, 2.24) is 0 Å². The van der Waals surface area contributed by atoms with E-state index < -0.39 is 8.38 Å². The normalized spacial score (nSPS) is 11.7. The Bertz CT molecular complexity index is 1020. The van der Waals surface area contributed by atoms with Gasteiger partial charge in [0.15, 0.2) is 0 Å². The van der Waals surface area contributed by atoms with Crippen LogP contribution in [0.3, 0.4) is 0 Å².